The summed E-state index contributed by atoms with van der Waals surface area (Å²) in [7, 11) is 3.01. The molecule has 1 saturated carbocycles. The molecular weight excluding hydrogens is 488 g/mol. The van der Waals surface area contributed by atoms with Crippen LogP contribution in [0.3, 0.4) is 0 Å². The van der Waals surface area contributed by atoms with E-state index in [1.807, 2.05) is 13.0 Å². The Labute approximate surface area is 214 Å². The summed E-state index contributed by atoms with van der Waals surface area (Å²) in [4.78, 5) is 12.7. The Bertz CT molecular complexity index is 995. The lowest BCUT2D eigenvalue weighted by Crippen LogP contribution is -2.61. The third-order valence-electron chi connectivity index (χ3n) is 7.24. The zero-order chi connectivity index (χ0) is 26.7. The molecule has 4 rings (SSSR count). The van der Waals surface area contributed by atoms with Crippen molar-refractivity contribution < 1.29 is 53.6 Å². The first kappa shape index (κ1) is 27.4. The van der Waals surface area contributed by atoms with Crippen molar-refractivity contribution >= 4 is 12.0 Å². The molecule has 37 heavy (non-hydrogen) atoms. The summed E-state index contributed by atoms with van der Waals surface area (Å²) >= 11 is 0. The van der Waals surface area contributed by atoms with Crippen LogP contribution < -0.4 is 9.47 Å². The molecule has 0 spiro atoms. The lowest BCUT2D eigenvalue weighted by molar-refractivity contribution is -0.343. The van der Waals surface area contributed by atoms with Crippen LogP contribution in [0.5, 0.6) is 11.5 Å². The molecule has 2 aliphatic heterocycles. The highest BCUT2D eigenvalue weighted by Crippen LogP contribution is 2.44. The van der Waals surface area contributed by atoms with E-state index in [4.69, 9.17) is 28.4 Å². The van der Waals surface area contributed by atoms with E-state index in [0.29, 0.717) is 23.5 Å². The van der Waals surface area contributed by atoms with Crippen molar-refractivity contribution in [1.82, 2.24) is 0 Å². The van der Waals surface area contributed by atoms with Crippen molar-refractivity contribution in [2.75, 3.05) is 20.8 Å². The molecule has 0 amide bonds. The first-order valence-corrected chi connectivity index (χ1v) is 12.2. The van der Waals surface area contributed by atoms with Gasteiger partial charge in [0.25, 0.3) is 0 Å². The molecule has 0 unspecified atom stereocenters. The molecule has 1 aliphatic carbocycles. The summed E-state index contributed by atoms with van der Waals surface area (Å²) in [5.41, 5.74) is 0.630. The van der Waals surface area contributed by atoms with Crippen molar-refractivity contribution in [3.05, 3.63) is 42.2 Å². The molecule has 0 bridgehead atoms. The number of aliphatic hydroxyl groups is 4. The highest BCUT2D eigenvalue weighted by atomic mass is 16.8. The van der Waals surface area contributed by atoms with Gasteiger partial charge in [0.05, 0.1) is 33.2 Å². The van der Waals surface area contributed by atoms with Crippen molar-refractivity contribution in [3.63, 3.8) is 0 Å². The van der Waals surface area contributed by atoms with E-state index in [1.165, 1.54) is 26.6 Å². The summed E-state index contributed by atoms with van der Waals surface area (Å²) < 4.78 is 33.3. The second-order valence-electron chi connectivity index (χ2n) is 9.43. The minimum atomic E-state index is -1.60. The van der Waals surface area contributed by atoms with Gasteiger partial charge in [0.2, 0.25) is 12.6 Å². The molecule has 2 fully saturated rings. The van der Waals surface area contributed by atoms with E-state index in [0.717, 1.165) is 6.08 Å². The zero-order valence-corrected chi connectivity index (χ0v) is 20.9. The molecule has 11 nitrogen and oxygen atoms in total. The standard InChI is InChI=1S/C26H34O11/c1-13-16(28)11-15-8-9-34-25(21(13)15)37-26-24(23(31)22(30)19(12-27)35-26)36-20(29)7-5-14-4-6-17(32-2)18(10-14)33-3/h4-10,13,15-16,19,21-28,30-31H,11-12H2,1-3H3/b7-5+/t13-,15-,16-,19+,21+,22+,23-,24+,25-,26-/m0/s1. The number of allylic oxidation sites excluding steroid dienone is 1. The molecule has 10 atom stereocenters. The summed E-state index contributed by atoms with van der Waals surface area (Å²) in [5.74, 6) is -0.144. The number of rotatable bonds is 8. The number of ether oxygens (including phenoxy) is 6. The highest BCUT2D eigenvalue weighted by molar-refractivity contribution is 5.87. The van der Waals surface area contributed by atoms with Gasteiger partial charge in [0, 0.05) is 12.0 Å². The SMILES string of the molecule is COc1ccc(/C=C/C(=O)O[C@H]2[C@H](O[C@@H]3OC=C[C@H]4C[C@H](O)[C@H](C)[C@@H]34)O[C@H](CO)[C@@H](O)[C@@H]2O)cc1OC. The van der Waals surface area contributed by atoms with Crippen LogP contribution in [-0.2, 0) is 23.7 Å². The third-order valence-corrected chi connectivity index (χ3v) is 7.24. The summed E-state index contributed by atoms with van der Waals surface area (Å²) in [5, 5.41) is 41.1. The quantitative estimate of drug-likeness (QED) is 0.280. The number of carbonyl (C=O) groups is 1. The molecule has 1 aromatic carbocycles. The minimum Gasteiger partial charge on any atom is -0.493 e. The van der Waals surface area contributed by atoms with E-state index in [-0.39, 0.29) is 17.8 Å². The van der Waals surface area contributed by atoms with Gasteiger partial charge in [-0.1, -0.05) is 13.0 Å². The summed E-state index contributed by atoms with van der Waals surface area (Å²) in [6.45, 7) is 1.30. The van der Waals surface area contributed by atoms with Gasteiger partial charge in [-0.15, -0.1) is 0 Å². The van der Waals surface area contributed by atoms with Gasteiger partial charge < -0.3 is 48.8 Å². The van der Waals surface area contributed by atoms with Gasteiger partial charge in [-0.3, -0.25) is 0 Å². The van der Waals surface area contributed by atoms with Crippen molar-refractivity contribution in [2.45, 2.75) is 56.4 Å². The molecule has 4 N–H and O–H groups in total. The molecular formula is C26H34O11. The Kier molecular flexibility index (Phi) is 8.73. The van der Waals surface area contributed by atoms with Crippen LogP contribution in [-0.4, -0.2) is 90.3 Å². The van der Waals surface area contributed by atoms with Gasteiger partial charge in [-0.2, -0.15) is 0 Å². The first-order valence-electron chi connectivity index (χ1n) is 12.2. The van der Waals surface area contributed by atoms with Crippen LogP contribution >= 0.6 is 0 Å². The van der Waals surface area contributed by atoms with Gasteiger partial charge in [0.15, 0.2) is 17.6 Å². The smallest absolute Gasteiger partial charge is 0.331 e. The maximum absolute atomic E-state index is 12.7. The monoisotopic (exact) mass is 522 g/mol. The minimum absolute atomic E-state index is 0.0157. The Morgan fingerprint density at radius 1 is 1.11 bits per heavy atom. The van der Waals surface area contributed by atoms with E-state index in [1.54, 1.807) is 18.2 Å². The zero-order valence-electron chi connectivity index (χ0n) is 20.9. The predicted molar refractivity (Wildman–Crippen MR) is 128 cm³/mol. The number of hydrogen-bond donors (Lipinski definition) is 4. The van der Waals surface area contributed by atoms with E-state index in [9.17, 15) is 25.2 Å². The average Bonchev–Trinajstić information content (AvgIpc) is 3.20. The van der Waals surface area contributed by atoms with Crippen molar-refractivity contribution in [3.8, 4) is 11.5 Å². The topological polar surface area (TPSA) is 153 Å². The Hall–Kier alpha value is -2.67. The van der Waals surface area contributed by atoms with Crippen LogP contribution in [0.4, 0.5) is 0 Å². The highest BCUT2D eigenvalue weighted by Gasteiger charge is 2.51. The summed E-state index contributed by atoms with van der Waals surface area (Å²) in [6, 6.07) is 5.07. The number of aliphatic hydroxyl groups excluding tert-OH is 4. The fourth-order valence-corrected chi connectivity index (χ4v) is 5.11. The van der Waals surface area contributed by atoms with Gasteiger partial charge in [-0.05, 0) is 48.1 Å². The van der Waals surface area contributed by atoms with Gasteiger partial charge >= 0.3 is 5.97 Å². The number of fused-ring (bicyclic) bond motifs is 1. The molecule has 3 aliphatic rings. The fourth-order valence-electron chi connectivity index (χ4n) is 5.11. The van der Waals surface area contributed by atoms with Crippen LogP contribution in [0.2, 0.25) is 0 Å². The van der Waals surface area contributed by atoms with Crippen LogP contribution in [0.1, 0.15) is 18.9 Å². The Morgan fingerprint density at radius 3 is 2.57 bits per heavy atom. The number of methoxy groups -OCH3 is 2. The second-order valence-corrected chi connectivity index (χ2v) is 9.43. The predicted octanol–water partition coefficient (Wildman–Crippen LogP) is 0.587. The van der Waals surface area contributed by atoms with E-state index in [2.05, 4.69) is 0 Å². The van der Waals surface area contributed by atoms with Gasteiger partial charge in [-0.25, -0.2) is 4.79 Å². The van der Waals surface area contributed by atoms with Crippen LogP contribution in [0, 0.1) is 17.8 Å². The number of carbonyl (C=O) groups excluding carboxylic acids is 1. The molecule has 1 saturated heterocycles. The normalized spacial score (nSPS) is 37.2. The van der Waals surface area contributed by atoms with E-state index >= 15 is 0 Å². The lowest BCUT2D eigenvalue weighted by Gasteiger charge is -2.43. The Balaban J connectivity index is 1.49. The molecule has 0 aromatic heterocycles. The lowest BCUT2D eigenvalue weighted by atomic mass is 9.88. The average molecular weight is 523 g/mol. The largest absolute Gasteiger partial charge is 0.493 e. The number of esters is 1. The maximum Gasteiger partial charge on any atom is 0.331 e. The van der Waals surface area contributed by atoms with Crippen molar-refractivity contribution in [2.24, 2.45) is 17.8 Å². The van der Waals surface area contributed by atoms with Crippen molar-refractivity contribution in [1.29, 1.82) is 0 Å². The van der Waals surface area contributed by atoms with E-state index < -0.39 is 55.7 Å². The molecule has 2 heterocycles. The van der Waals surface area contributed by atoms with Gasteiger partial charge in [0.1, 0.15) is 18.3 Å². The third kappa shape index (κ3) is 5.77. The molecule has 1 aromatic rings. The Morgan fingerprint density at radius 2 is 1.86 bits per heavy atom. The maximum atomic E-state index is 12.7. The second kappa shape index (κ2) is 11.8. The number of hydrogen-bond acceptors (Lipinski definition) is 11. The van der Waals surface area contributed by atoms with Crippen LogP contribution in [0.25, 0.3) is 6.08 Å². The van der Waals surface area contributed by atoms with Crippen LogP contribution in [0.15, 0.2) is 36.6 Å². The molecule has 204 valence electrons. The molecule has 11 heteroatoms. The first-order chi connectivity index (χ1) is 17.8. The molecule has 0 radical (unpaired) electrons. The summed E-state index contributed by atoms with van der Waals surface area (Å²) in [6.07, 6.45) is -1.91. The fraction of sp³-hybridized carbons (Fsp3) is 0.577. The number of benzene rings is 1.